The summed E-state index contributed by atoms with van der Waals surface area (Å²) >= 11 is -3.21. The van der Waals surface area contributed by atoms with E-state index in [9.17, 15) is 0 Å². The first-order chi connectivity index (χ1) is 4.50. The number of hydrogen-bond acceptors (Lipinski definition) is 0. The standard InChI is InChI=1S/C5H5.CH3.4ClH.Nb/c1-2-4-5-3-1;;;;;;/h1-5H;1H3;4*1H;/q2*-1;;;;;+4/p-4. The van der Waals surface area contributed by atoms with Crippen LogP contribution in [0.1, 0.15) is 0 Å². The van der Waals surface area contributed by atoms with E-state index < -0.39 is 12.8 Å². The molecule has 0 spiro atoms. The quantitative estimate of drug-likeness (QED) is 0.484. The Balaban J connectivity index is 0. The molecule has 0 aliphatic carbocycles. The molecule has 0 saturated heterocycles. The maximum absolute atomic E-state index is 5.03. The molecule has 0 aromatic heterocycles. The van der Waals surface area contributed by atoms with Crippen LogP contribution in [0.5, 0.6) is 0 Å². The smallest absolute Gasteiger partial charge is 0.172 e. The molecule has 0 radical (unpaired) electrons. The third-order valence-corrected chi connectivity index (χ3v) is 0.556. The van der Waals surface area contributed by atoms with Gasteiger partial charge in [-0.3, -0.25) is 0 Å². The van der Waals surface area contributed by atoms with Gasteiger partial charge in [-0.25, -0.2) is 12.1 Å². The van der Waals surface area contributed by atoms with Gasteiger partial charge < -0.3 is 7.43 Å². The summed E-state index contributed by atoms with van der Waals surface area (Å²) in [6.45, 7) is 0. The summed E-state index contributed by atoms with van der Waals surface area (Å²) in [5.41, 5.74) is 0. The Morgan fingerprint density at radius 1 is 0.909 bits per heavy atom. The van der Waals surface area contributed by atoms with Gasteiger partial charge >= 0.3 is 49.6 Å². The molecule has 1 aromatic rings. The molecule has 0 bridgehead atoms. The van der Waals surface area contributed by atoms with Crippen LogP contribution in [0.4, 0.5) is 0 Å². The minimum atomic E-state index is -3.21. The second-order valence-corrected chi connectivity index (χ2v) is 21.4. The average Bonchev–Trinajstić information content (AvgIpc) is 2.07. The number of halogens is 4. The van der Waals surface area contributed by atoms with E-state index in [1.54, 1.807) is 0 Å². The molecule has 0 N–H and O–H groups in total. The van der Waals surface area contributed by atoms with Crippen LogP contribution >= 0.6 is 36.8 Å². The van der Waals surface area contributed by atoms with Crippen molar-refractivity contribution >= 4 is 36.8 Å². The van der Waals surface area contributed by atoms with Gasteiger partial charge in [0.1, 0.15) is 0 Å². The van der Waals surface area contributed by atoms with Crippen molar-refractivity contribution in [1.82, 2.24) is 0 Å². The monoisotopic (exact) mass is 313 g/mol. The molecule has 67 valence electrons. The first kappa shape index (κ1) is 14.8. The SMILES string of the molecule is [CH3-].[Cl][Nb]([Cl])([Cl])[Cl].c1cc[cH-]c1. The summed E-state index contributed by atoms with van der Waals surface area (Å²) in [5.74, 6) is 0. The molecule has 1 aromatic carbocycles. The normalized spacial score (nSPS) is 9.09. The maximum Gasteiger partial charge on any atom is -0.172 e. The predicted molar refractivity (Wildman–Crippen MR) is 51.9 cm³/mol. The van der Waals surface area contributed by atoms with E-state index in [2.05, 4.69) is 0 Å². The third-order valence-electron chi connectivity index (χ3n) is 0.556. The Labute approximate surface area is 86.6 Å². The van der Waals surface area contributed by atoms with Crippen LogP contribution in [0.3, 0.4) is 0 Å². The fourth-order valence-corrected chi connectivity index (χ4v) is 0.321. The van der Waals surface area contributed by atoms with Gasteiger partial charge in [-0.2, -0.15) is 18.2 Å². The minimum absolute atomic E-state index is 0. The van der Waals surface area contributed by atoms with Crippen LogP contribution in [0.15, 0.2) is 30.3 Å². The zero-order chi connectivity index (χ0) is 8.04. The average molecular weight is 315 g/mol. The molecule has 0 atom stereocenters. The van der Waals surface area contributed by atoms with Crippen LogP contribution in [-0.4, -0.2) is 0 Å². The molecule has 5 heteroatoms. The molecule has 11 heavy (non-hydrogen) atoms. The summed E-state index contributed by atoms with van der Waals surface area (Å²) in [7, 11) is 20.1. The van der Waals surface area contributed by atoms with E-state index in [-0.39, 0.29) is 7.43 Å². The van der Waals surface area contributed by atoms with Crippen LogP contribution in [0.25, 0.3) is 0 Å². The summed E-state index contributed by atoms with van der Waals surface area (Å²) in [4.78, 5) is 0. The van der Waals surface area contributed by atoms with Gasteiger partial charge in [0.05, 0.1) is 0 Å². The van der Waals surface area contributed by atoms with Gasteiger partial charge in [0.25, 0.3) is 0 Å². The van der Waals surface area contributed by atoms with Gasteiger partial charge in [0.2, 0.25) is 0 Å². The summed E-state index contributed by atoms with van der Waals surface area (Å²) < 4.78 is 0. The van der Waals surface area contributed by atoms with Gasteiger partial charge in [0, 0.05) is 0 Å². The van der Waals surface area contributed by atoms with E-state index in [1.165, 1.54) is 0 Å². The van der Waals surface area contributed by atoms with Gasteiger partial charge in [-0.05, 0) is 0 Å². The van der Waals surface area contributed by atoms with E-state index >= 15 is 0 Å². The summed E-state index contributed by atoms with van der Waals surface area (Å²) in [6.07, 6.45) is 0. The Bertz CT molecular complexity index is 121. The van der Waals surface area contributed by atoms with Gasteiger partial charge in [-0.15, -0.1) is 0 Å². The molecule has 0 aliphatic heterocycles. The molecule has 0 aliphatic rings. The van der Waals surface area contributed by atoms with E-state index in [0.717, 1.165) is 0 Å². The summed E-state index contributed by atoms with van der Waals surface area (Å²) in [6, 6.07) is 10.0. The molecule has 0 nitrogen and oxygen atoms in total. The van der Waals surface area contributed by atoms with Gasteiger partial charge in [0.15, 0.2) is 0 Å². The first-order valence-corrected chi connectivity index (χ1v) is 13.7. The number of rotatable bonds is 0. The fraction of sp³-hybridized carbons (Fsp3) is 0. The second kappa shape index (κ2) is 7.88. The Morgan fingerprint density at radius 2 is 1.18 bits per heavy atom. The van der Waals surface area contributed by atoms with Crippen molar-refractivity contribution in [1.29, 1.82) is 0 Å². The number of hydrogen-bond donors (Lipinski definition) is 0. The molecule has 0 saturated carbocycles. The molecule has 1 rings (SSSR count). The Hall–Kier alpha value is 1.25. The second-order valence-electron chi connectivity index (χ2n) is 1.35. The van der Waals surface area contributed by atoms with E-state index in [0.29, 0.717) is 0 Å². The van der Waals surface area contributed by atoms with E-state index in [4.69, 9.17) is 36.8 Å². The van der Waals surface area contributed by atoms with E-state index in [1.807, 2.05) is 30.3 Å². The van der Waals surface area contributed by atoms with Crippen LogP contribution in [0, 0.1) is 7.43 Å². The zero-order valence-electron chi connectivity index (χ0n) is 5.85. The topological polar surface area (TPSA) is 0 Å². The third kappa shape index (κ3) is 24.6. The van der Waals surface area contributed by atoms with Crippen LogP contribution < -0.4 is 0 Å². The van der Waals surface area contributed by atoms with Crippen molar-refractivity contribution in [2.24, 2.45) is 0 Å². The maximum atomic E-state index is 5.03. The van der Waals surface area contributed by atoms with Crippen LogP contribution in [-0.2, 0) is 12.8 Å². The largest absolute Gasteiger partial charge is 0.214 e. The van der Waals surface area contributed by atoms with Crippen LogP contribution in [0.2, 0.25) is 0 Å². The molecule has 0 unspecified atom stereocenters. The summed E-state index contributed by atoms with van der Waals surface area (Å²) in [5, 5.41) is 0. The first-order valence-electron chi connectivity index (χ1n) is 2.34. The fourth-order valence-electron chi connectivity index (χ4n) is 0.321. The molecule has 0 amide bonds. The molecular weight excluding hydrogens is 307 g/mol. The molecular formula is C6H8Cl4Nb-2. The Morgan fingerprint density at radius 3 is 1.27 bits per heavy atom. The molecule has 0 heterocycles. The minimum Gasteiger partial charge on any atom is -0.214 e. The van der Waals surface area contributed by atoms with Crippen molar-refractivity contribution in [3.63, 3.8) is 0 Å². The van der Waals surface area contributed by atoms with Crippen molar-refractivity contribution in [3.8, 4) is 0 Å². The predicted octanol–water partition coefficient (Wildman–Crippen LogP) is 4.61. The van der Waals surface area contributed by atoms with Crippen molar-refractivity contribution in [2.75, 3.05) is 0 Å². The van der Waals surface area contributed by atoms with Crippen molar-refractivity contribution in [3.05, 3.63) is 37.8 Å². The zero-order valence-corrected chi connectivity index (χ0v) is 11.1. The van der Waals surface area contributed by atoms with Crippen molar-refractivity contribution < 1.29 is 12.8 Å². The van der Waals surface area contributed by atoms with Gasteiger partial charge in [-0.1, -0.05) is 0 Å². The molecule has 0 fully saturated rings. The van der Waals surface area contributed by atoms with Crippen molar-refractivity contribution in [2.45, 2.75) is 0 Å². The Kier molecular flexibility index (Phi) is 10.6.